The van der Waals surface area contributed by atoms with Gasteiger partial charge in [-0.2, -0.15) is 9.97 Å². The minimum Gasteiger partial charge on any atom is -0.370 e. The van der Waals surface area contributed by atoms with E-state index >= 15 is 0 Å². The van der Waals surface area contributed by atoms with Crippen LogP contribution in [-0.4, -0.2) is 30.1 Å². The lowest BCUT2D eigenvalue weighted by molar-refractivity contribution is 0.865. The number of hydrogen-bond donors (Lipinski definition) is 2. The fourth-order valence-corrected chi connectivity index (χ4v) is 2.54. The van der Waals surface area contributed by atoms with E-state index in [1.807, 2.05) is 13.1 Å². The molecule has 0 unspecified atom stereocenters. The maximum atomic E-state index is 5.77. The highest BCUT2D eigenvalue weighted by Gasteiger charge is 2.07. The van der Waals surface area contributed by atoms with Crippen LogP contribution in [0.2, 0.25) is 0 Å². The molecule has 0 aromatic carbocycles. The molecule has 2 rings (SSSR count). The lowest BCUT2D eigenvalue weighted by Crippen LogP contribution is -2.22. The Bertz CT molecular complexity index is 526. The topological polar surface area (TPSA) is 67.1 Å². The second-order valence-corrected chi connectivity index (χ2v) is 5.68. The van der Waals surface area contributed by atoms with Gasteiger partial charge in [0, 0.05) is 31.1 Å². The van der Waals surface area contributed by atoms with Gasteiger partial charge in [0.1, 0.15) is 11.6 Å². The fraction of sp³-hybridized carbons (Fsp3) is 0.429. The number of nitrogens with one attached hydrogen (secondary N) is 1. The molecule has 0 spiro atoms. The molecule has 0 bridgehead atoms. The molecule has 0 atom stereocenters. The molecule has 2 aromatic rings. The van der Waals surface area contributed by atoms with Crippen LogP contribution in [0.3, 0.4) is 0 Å². The van der Waals surface area contributed by atoms with Crippen LogP contribution in [0.4, 0.5) is 17.6 Å². The number of thiophene rings is 1. The molecule has 0 fully saturated rings. The second-order valence-electron chi connectivity index (χ2n) is 4.65. The molecule has 2 aromatic heterocycles. The summed E-state index contributed by atoms with van der Waals surface area (Å²) in [7, 11) is 2.03. The van der Waals surface area contributed by atoms with E-state index in [4.69, 9.17) is 5.73 Å². The molecule has 0 saturated carbocycles. The van der Waals surface area contributed by atoms with Crippen LogP contribution >= 0.6 is 11.3 Å². The molecule has 0 aliphatic heterocycles. The number of aromatic nitrogens is 2. The first-order valence-corrected chi connectivity index (χ1v) is 7.69. The van der Waals surface area contributed by atoms with Crippen molar-refractivity contribution in [3.63, 3.8) is 0 Å². The summed E-state index contributed by atoms with van der Waals surface area (Å²) in [6, 6.07) is 6.18. The van der Waals surface area contributed by atoms with E-state index in [1.54, 1.807) is 11.3 Å². The maximum Gasteiger partial charge on any atom is 0.223 e. The molecule has 108 valence electrons. The third-order valence-electron chi connectivity index (χ3n) is 2.95. The Morgan fingerprint density at radius 2 is 2.25 bits per heavy atom. The monoisotopic (exact) mass is 291 g/mol. The summed E-state index contributed by atoms with van der Waals surface area (Å²) >= 11 is 1.78. The first-order chi connectivity index (χ1) is 9.69. The van der Waals surface area contributed by atoms with Gasteiger partial charge in [-0.05, 0) is 24.3 Å². The molecule has 2 heterocycles. The van der Waals surface area contributed by atoms with E-state index < -0.39 is 0 Å². The van der Waals surface area contributed by atoms with Gasteiger partial charge in [-0.15, -0.1) is 11.3 Å². The number of rotatable bonds is 7. The summed E-state index contributed by atoms with van der Waals surface area (Å²) < 4.78 is 0. The average Bonchev–Trinajstić information content (AvgIpc) is 2.95. The van der Waals surface area contributed by atoms with E-state index in [0.717, 1.165) is 37.6 Å². The van der Waals surface area contributed by atoms with Crippen molar-refractivity contribution in [2.45, 2.75) is 19.8 Å². The predicted octanol–water partition coefficient (Wildman–Crippen LogP) is 2.62. The summed E-state index contributed by atoms with van der Waals surface area (Å²) in [5.74, 6) is 1.95. The zero-order valence-corrected chi connectivity index (χ0v) is 12.8. The van der Waals surface area contributed by atoms with Crippen molar-refractivity contribution >= 4 is 28.9 Å². The third kappa shape index (κ3) is 4.09. The van der Waals surface area contributed by atoms with Gasteiger partial charge in [0.05, 0.1) is 0 Å². The van der Waals surface area contributed by atoms with Gasteiger partial charge < -0.3 is 16.0 Å². The van der Waals surface area contributed by atoms with Gasteiger partial charge >= 0.3 is 0 Å². The van der Waals surface area contributed by atoms with Crippen molar-refractivity contribution < 1.29 is 0 Å². The number of nitrogens with zero attached hydrogens (tertiary/aromatic N) is 3. The normalized spacial score (nSPS) is 10.5. The number of hydrogen-bond acceptors (Lipinski definition) is 6. The number of likely N-dealkylation sites (N-methyl/N-ethyl adjacent to an activating group) is 1. The highest BCUT2D eigenvalue weighted by molar-refractivity contribution is 7.09. The smallest absolute Gasteiger partial charge is 0.223 e. The van der Waals surface area contributed by atoms with E-state index in [2.05, 4.69) is 44.6 Å². The minimum absolute atomic E-state index is 0.309. The Balaban J connectivity index is 2.00. The van der Waals surface area contributed by atoms with Gasteiger partial charge in [-0.3, -0.25) is 0 Å². The zero-order chi connectivity index (χ0) is 14.4. The quantitative estimate of drug-likeness (QED) is 0.821. The predicted molar refractivity (Wildman–Crippen MR) is 86.5 cm³/mol. The third-order valence-corrected chi connectivity index (χ3v) is 3.89. The van der Waals surface area contributed by atoms with E-state index in [1.165, 1.54) is 4.88 Å². The summed E-state index contributed by atoms with van der Waals surface area (Å²) in [5.41, 5.74) is 5.77. The van der Waals surface area contributed by atoms with Crippen LogP contribution < -0.4 is 16.0 Å². The fourth-order valence-electron chi connectivity index (χ4n) is 1.84. The average molecular weight is 291 g/mol. The van der Waals surface area contributed by atoms with Gasteiger partial charge in [0.2, 0.25) is 5.95 Å². The van der Waals surface area contributed by atoms with Gasteiger partial charge in [-0.1, -0.05) is 13.0 Å². The van der Waals surface area contributed by atoms with Gasteiger partial charge in [-0.25, -0.2) is 0 Å². The van der Waals surface area contributed by atoms with Crippen molar-refractivity contribution in [2.24, 2.45) is 0 Å². The number of nitrogens with two attached hydrogens (primary N) is 1. The molecule has 20 heavy (non-hydrogen) atoms. The Labute approximate surface area is 123 Å². The van der Waals surface area contributed by atoms with E-state index in [-0.39, 0.29) is 0 Å². The molecule has 3 N–H and O–H groups in total. The Morgan fingerprint density at radius 3 is 2.95 bits per heavy atom. The van der Waals surface area contributed by atoms with Crippen molar-refractivity contribution in [3.8, 4) is 0 Å². The second kappa shape index (κ2) is 7.09. The van der Waals surface area contributed by atoms with Crippen LogP contribution in [0.1, 0.15) is 18.2 Å². The van der Waals surface area contributed by atoms with Crippen molar-refractivity contribution in [2.75, 3.05) is 36.1 Å². The molecule has 0 aliphatic carbocycles. The first kappa shape index (κ1) is 14.6. The summed E-state index contributed by atoms with van der Waals surface area (Å²) in [5, 5.41) is 5.35. The van der Waals surface area contributed by atoms with E-state index in [0.29, 0.717) is 5.95 Å². The molecule has 6 heteroatoms. The number of nitrogen functional groups attached to an aromatic ring is 1. The molecule has 5 nitrogen and oxygen atoms in total. The Kier molecular flexibility index (Phi) is 5.17. The highest BCUT2D eigenvalue weighted by Crippen LogP contribution is 2.17. The van der Waals surface area contributed by atoms with E-state index in [9.17, 15) is 0 Å². The molecular weight excluding hydrogens is 270 g/mol. The molecule has 0 saturated heterocycles. The summed E-state index contributed by atoms with van der Waals surface area (Å²) in [6.07, 6.45) is 2.06. The van der Waals surface area contributed by atoms with Crippen molar-refractivity contribution in [3.05, 3.63) is 28.5 Å². The van der Waals surface area contributed by atoms with Crippen LogP contribution in [0.15, 0.2) is 23.6 Å². The largest absolute Gasteiger partial charge is 0.370 e. The lowest BCUT2D eigenvalue weighted by atomic mass is 10.3. The standard InChI is InChI=1S/C14H21N5S/c1-3-7-16-12-10-13(18-14(15)17-12)19(2)8-6-11-5-4-9-20-11/h4-5,9-10H,3,6-8H2,1-2H3,(H3,15,16,17,18). The summed E-state index contributed by atoms with van der Waals surface area (Å²) in [6.45, 7) is 3.91. The van der Waals surface area contributed by atoms with Crippen LogP contribution in [0.5, 0.6) is 0 Å². The summed E-state index contributed by atoms with van der Waals surface area (Å²) in [4.78, 5) is 12.0. The number of anilines is 3. The van der Waals surface area contributed by atoms with Gasteiger partial charge in [0.25, 0.3) is 0 Å². The first-order valence-electron chi connectivity index (χ1n) is 6.81. The Morgan fingerprint density at radius 1 is 1.40 bits per heavy atom. The molecule has 0 aliphatic rings. The zero-order valence-electron chi connectivity index (χ0n) is 12.0. The minimum atomic E-state index is 0.309. The molecule has 0 amide bonds. The van der Waals surface area contributed by atoms with Gasteiger partial charge in [0.15, 0.2) is 0 Å². The lowest BCUT2D eigenvalue weighted by Gasteiger charge is -2.18. The SMILES string of the molecule is CCCNc1cc(N(C)CCc2cccs2)nc(N)n1. The van der Waals surface area contributed by atoms with Crippen LogP contribution in [-0.2, 0) is 6.42 Å². The molecule has 0 radical (unpaired) electrons. The van der Waals surface area contributed by atoms with Crippen LogP contribution in [0, 0.1) is 0 Å². The highest BCUT2D eigenvalue weighted by atomic mass is 32.1. The Hall–Kier alpha value is -1.82. The van der Waals surface area contributed by atoms with Crippen molar-refractivity contribution in [1.29, 1.82) is 0 Å². The van der Waals surface area contributed by atoms with Crippen LogP contribution in [0.25, 0.3) is 0 Å². The van der Waals surface area contributed by atoms with Crippen molar-refractivity contribution in [1.82, 2.24) is 9.97 Å². The molecular formula is C14H21N5S. The maximum absolute atomic E-state index is 5.77.